The van der Waals surface area contributed by atoms with Crippen molar-refractivity contribution in [2.24, 2.45) is 0 Å². The Bertz CT molecular complexity index is 341. The van der Waals surface area contributed by atoms with E-state index in [2.05, 4.69) is 49.1 Å². The van der Waals surface area contributed by atoms with Gasteiger partial charge in [-0.05, 0) is 18.9 Å². The maximum atomic E-state index is 5.70. The standard InChI is InChI=1S/C14H22N2O/c1-4-14-12(2)16(11-17-15(14)3)10-13-8-6-5-7-9-13/h5-9,12,14H,4,10-11H2,1-3H3/t12-,14-/m0/s1. The Hall–Kier alpha value is -0.900. The van der Waals surface area contributed by atoms with E-state index in [0.717, 1.165) is 13.0 Å². The fourth-order valence-electron chi connectivity index (χ4n) is 2.53. The molecule has 0 spiro atoms. The van der Waals surface area contributed by atoms with E-state index in [1.165, 1.54) is 5.56 Å². The molecular weight excluding hydrogens is 212 g/mol. The quantitative estimate of drug-likeness (QED) is 0.799. The molecule has 1 aromatic rings. The molecule has 3 nitrogen and oxygen atoms in total. The van der Waals surface area contributed by atoms with Gasteiger partial charge in [-0.2, -0.15) is 5.06 Å². The summed E-state index contributed by atoms with van der Waals surface area (Å²) in [5.74, 6) is 0. The molecule has 2 rings (SSSR count). The Labute approximate surface area is 104 Å². The zero-order valence-electron chi connectivity index (χ0n) is 11.0. The minimum Gasteiger partial charge on any atom is -0.283 e. The minimum absolute atomic E-state index is 0.479. The predicted molar refractivity (Wildman–Crippen MR) is 69.2 cm³/mol. The second-order valence-electron chi connectivity index (χ2n) is 4.75. The van der Waals surface area contributed by atoms with Gasteiger partial charge in [-0.3, -0.25) is 9.74 Å². The van der Waals surface area contributed by atoms with Gasteiger partial charge in [-0.25, -0.2) is 0 Å². The summed E-state index contributed by atoms with van der Waals surface area (Å²) in [5, 5.41) is 2.01. The van der Waals surface area contributed by atoms with Crippen molar-refractivity contribution in [2.45, 2.75) is 38.9 Å². The number of hydrogen-bond acceptors (Lipinski definition) is 3. The molecule has 0 aliphatic carbocycles. The van der Waals surface area contributed by atoms with Gasteiger partial charge in [0.25, 0.3) is 0 Å². The van der Waals surface area contributed by atoms with Crippen LogP contribution in [0.5, 0.6) is 0 Å². The molecule has 1 fully saturated rings. The van der Waals surface area contributed by atoms with Gasteiger partial charge in [0.15, 0.2) is 0 Å². The number of nitrogens with zero attached hydrogens (tertiary/aromatic N) is 2. The fourth-order valence-corrected chi connectivity index (χ4v) is 2.53. The Balaban J connectivity index is 2.02. The average molecular weight is 234 g/mol. The summed E-state index contributed by atoms with van der Waals surface area (Å²) >= 11 is 0. The van der Waals surface area contributed by atoms with E-state index in [1.54, 1.807) is 0 Å². The second kappa shape index (κ2) is 5.63. The Morgan fingerprint density at radius 1 is 1.29 bits per heavy atom. The predicted octanol–water partition coefficient (Wildman–Crippen LogP) is 2.49. The van der Waals surface area contributed by atoms with Crippen LogP contribution in [0.15, 0.2) is 30.3 Å². The number of hydroxylamine groups is 2. The molecule has 2 atom stereocenters. The monoisotopic (exact) mass is 234 g/mol. The summed E-state index contributed by atoms with van der Waals surface area (Å²) in [5.41, 5.74) is 1.35. The van der Waals surface area contributed by atoms with E-state index in [9.17, 15) is 0 Å². The highest BCUT2D eigenvalue weighted by Crippen LogP contribution is 2.21. The van der Waals surface area contributed by atoms with Crippen LogP contribution in [0.1, 0.15) is 25.8 Å². The summed E-state index contributed by atoms with van der Waals surface area (Å²) < 4.78 is 0. The second-order valence-corrected chi connectivity index (χ2v) is 4.75. The lowest BCUT2D eigenvalue weighted by Crippen LogP contribution is -2.55. The summed E-state index contributed by atoms with van der Waals surface area (Å²) in [6, 6.07) is 11.6. The topological polar surface area (TPSA) is 15.7 Å². The van der Waals surface area contributed by atoms with Gasteiger partial charge >= 0.3 is 0 Å². The third-order valence-electron chi connectivity index (χ3n) is 3.67. The maximum absolute atomic E-state index is 5.70. The van der Waals surface area contributed by atoms with Crippen LogP contribution < -0.4 is 0 Å². The molecule has 1 saturated heterocycles. The van der Waals surface area contributed by atoms with Gasteiger partial charge in [-0.1, -0.05) is 37.3 Å². The van der Waals surface area contributed by atoms with Crippen molar-refractivity contribution < 1.29 is 4.84 Å². The van der Waals surface area contributed by atoms with E-state index >= 15 is 0 Å². The molecule has 0 aromatic heterocycles. The number of rotatable bonds is 3. The SMILES string of the molecule is CC[C@H]1[C@H](C)N(Cc2ccccc2)CON1C. The molecule has 1 aromatic carbocycles. The zero-order valence-corrected chi connectivity index (χ0v) is 11.0. The normalized spacial score (nSPS) is 27.2. The molecule has 94 valence electrons. The molecule has 0 unspecified atom stereocenters. The van der Waals surface area contributed by atoms with Crippen LogP contribution in [-0.4, -0.2) is 35.8 Å². The van der Waals surface area contributed by atoms with Crippen molar-refractivity contribution in [1.29, 1.82) is 0 Å². The molecule has 1 heterocycles. The molecule has 0 N–H and O–H groups in total. The lowest BCUT2D eigenvalue weighted by molar-refractivity contribution is -0.256. The van der Waals surface area contributed by atoms with Crippen molar-refractivity contribution in [3.05, 3.63) is 35.9 Å². The molecule has 1 aliphatic heterocycles. The van der Waals surface area contributed by atoms with Crippen molar-refractivity contribution >= 4 is 0 Å². The van der Waals surface area contributed by atoms with Gasteiger partial charge in [0.1, 0.15) is 6.73 Å². The van der Waals surface area contributed by atoms with Gasteiger partial charge in [0.05, 0.1) is 6.04 Å². The van der Waals surface area contributed by atoms with Gasteiger partial charge in [0, 0.05) is 19.6 Å². The highest BCUT2D eigenvalue weighted by Gasteiger charge is 2.31. The van der Waals surface area contributed by atoms with E-state index in [4.69, 9.17) is 4.84 Å². The first kappa shape index (κ1) is 12.6. The molecule has 0 saturated carbocycles. The van der Waals surface area contributed by atoms with E-state index in [-0.39, 0.29) is 0 Å². The third-order valence-corrected chi connectivity index (χ3v) is 3.67. The van der Waals surface area contributed by atoms with Gasteiger partial charge in [-0.15, -0.1) is 0 Å². The van der Waals surface area contributed by atoms with Crippen LogP contribution in [0.4, 0.5) is 0 Å². The highest BCUT2D eigenvalue weighted by molar-refractivity contribution is 5.14. The fraction of sp³-hybridized carbons (Fsp3) is 0.571. The lowest BCUT2D eigenvalue weighted by atomic mass is 10.0. The van der Waals surface area contributed by atoms with Gasteiger partial charge < -0.3 is 0 Å². The largest absolute Gasteiger partial charge is 0.283 e. The summed E-state index contributed by atoms with van der Waals surface area (Å²) in [6.07, 6.45) is 1.11. The first-order chi connectivity index (χ1) is 8.22. The highest BCUT2D eigenvalue weighted by atomic mass is 16.7. The van der Waals surface area contributed by atoms with Crippen molar-refractivity contribution in [1.82, 2.24) is 9.96 Å². The summed E-state index contributed by atoms with van der Waals surface area (Å²) in [6.45, 7) is 6.15. The molecule has 0 radical (unpaired) electrons. The molecule has 0 bridgehead atoms. The third kappa shape index (κ3) is 2.86. The molecular formula is C14H22N2O. The molecule has 0 amide bonds. The lowest BCUT2D eigenvalue weighted by Gasteiger charge is -2.43. The van der Waals surface area contributed by atoms with Crippen LogP contribution in [-0.2, 0) is 11.4 Å². The zero-order chi connectivity index (χ0) is 12.3. The van der Waals surface area contributed by atoms with Crippen LogP contribution in [0.25, 0.3) is 0 Å². The summed E-state index contributed by atoms with van der Waals surface area (Å²) in [7, 11) is 2.03. The summed E-state index contributed by atoms with van der Waals surface area (Å²) in [4.78, 5) is 8.09. The smallest absolute Gasteiger partial charge is 0.122 e. The van der Waals surface area contributed by atoms with Crippen LogP contribution in [0, 0.1) is 0 Å². The van der Waals surface area contributed by atoms with Gasteiger partial charge in [0.2, 0.25) is 0 Å². The van der Waals surface area contributed by atoms with Crippen molar-refractivity contribution in [3.63, 3.8) is 0 Å². The van der Waals surface area contributed by atoms with E-state index in [0.29, 0.717) is 18.8 Å². The van der Waals surface area contributed by atoms with Crippen LogP contribution >= 0.6 is 0 Å². The average Bonchev–Trinajstić information content (AvgIpc) is 2.35. The van der Waals surface area contributed by atoms with E-state index in [1.807, 2.05) is 12.1 Å². The number of likely N-dealkylation sites (N-methyl/N-ethyl adjacent to an activating group) is 1. The minimum atomic E-state index is 0.479. The molecule has 3 heteroatoms. The number of benzene rings is 1. The molecule has 1 aliphatic rings. The van der Waals surface area contributed by atoms with E-state index < -0.39 is 0 Å². The first-order valence-electron chi connectivity index (χ1n) is 6.36. The molecule has 17 heavy (non-hydrogen) atoms. The maximum Gasteiger partial charge on any atom is 0.122 e. The first-order valence-corrected chi connectivity index (χ1v) is 6.36. The Morgan fingerprint density at radius 3 is 2.65 bits per heavy atom. The van der Waals surface area contributed by atoms with Crippen molar-refractivity contribution in [2.75, 3.05) is 13.8 Å². The van der Waals surface area contributed by atoms with Crippen LogP contribution in [0.3, 0.4) is 0 Å². The van der Waals surface area contributed by atoms with Crippen LogP contribution in [0.2, 0.25) is 0 Å². The van der Waals surface area contributed by atoms with Crippen molar-refractivity contribution in [3.8, 4) is 0 Å². The Kier molecular flexibility index (Phi) is 4.15. The Morgan fingerprint density at radius 2 is 2.00 bits per heavy atom. The number of hydrogen-bond donors (Lipinski definition) is 0.